The summed E-state index contributed by atoms with van der Waals surface area (Å²) in [6, 6.07) is 24.8. The zero-order valence-corrected chi connectivity index (χ0v) is 22.8. The van der Waals surface area contributed by atoms with Gasteiger partial charge in [0.1, 0.15) is 11.5 Å². The standard InChI is InChI=1S/C36H32O2/c1-19-15-21(3)29(22(4)16-19)31-25-11-7-8-12-26(25)32(30-23(5)17-20(2)18-24(30)6)34-33(31)35(37)27-13-9-10-14-28(27)36(34)38/h7-18,37-38H,1-6H3. The van der Waals surface area contributed by atoms with Crippen LogP contribution in [0.1, 0.15) is 33.4 Å². The van der Waals surface area contributed by atoms with Gasteiger partial charge in [-0.1, -0.05) is 83.9 Å². The van der Waals surface area contributed by atoms with Crippen LogP contribution < -0.4 is 0 Å². The maximum atomic E-state index is 12.0. The number of fused-ring (bicyclic) bond motifs is 3. The van der Waals surface area contributed by atoms with Crippen molar-refractivity contribution in [2.75, 3.05) is 0 Å². The van der Waals surface area contributed by atoms with E-state index in [1.165, 1.54) is 11.1 Å². The lowest BCUT2D eigenvalue weighted by Crippen LogP contribution is -1.98. The van der Waals surface area contributed by atoms with Crippen LogP contribution in [0.3, 0.4) is 0 Å². The average molecular weight is 497 g/mol. The first kappa shape index (κ1) is 24.1. The van der Waals surface area contributed by atoms with E-state index in [-0.39, 0.29) is 11.5 Å². The van der Waals surface area contributed by atoms with Gasteiger partial charge >= 0.3 is 0 Å². The Bertz CT molecular complexity index is 1760. The second-order valence-electron chi connectivity index (χ2n) is 10.8. The Balaban J connectivity index is 2.00. The van der Waals surface area contributed by atoms with Gasteiger partial charge in [0.2, 0.25) is 0 Å². The number of hydrogen-bond donors (Lipinski definition) is 2. The molecule has 6 aromatic rings. The van der Waals surface area contributed by atoms with Crippen LogP contribution in [0.25, 0.3) is 54.6 Å². The molecule has 0 atom stereocenters. The van der Waals surface area contributed by atoms with Crippen LogP contribution in [-0.2, 0) is 0 Å². The highest BCUT2D eigenvalue weighted by Crippen LogP contribution is 2.54. The molecule has 2 N–H and O–H groups in total. The van der Waals surface area contributed by atoms with E-state index in [9.17, 15) is 10.2 Å². The van der Waals surface area contributed by atoms with E-state index < -0.39 is 0 Å². The summed E-state index contributed by atoms with van der Waals surface area (Å²) in [6.07, 6.45) is 0. The number of rotatable bonds is 2. The first-order chi connectivity index (χ1) is 18.2. The zero-order chi connectivity index (χ0) is 26.9. The number of hydrogen-bond acceptors (Lipinski definition) is 2. The molecule has 0 aliphatic carbocycles. The van der Waals surface area contributed by atoms with Crippen molar-refractivity contribution in [3.8, 4) is 33.8 Å². The average Bonchev–Trinajstić information content (AvgIpc) is 2.86. The monoisotopic (exact) mass is 496 g/mol. The maximum Gasteiger partial charge on any atom is 0.132 e. The molecule has 0 heterocycles. The summed E-state index contributed by atoms with van der Waals surface area (Å²) >= 11 is 0. The smallest absolute Gasteiger partial charge is 0.132 e. The van der Waals surface area contributed by atoms with Crippen molar-refractivity contribution in [1.29, 1.82) is 0 Å². The lowest BCUT2D eigenvalue weighted by atomic mass is 9.80. The third kappa shape index (κ3) is 3.40. The molecular weight excluding hydrogens is 464 g/mol. The van der Waals surface area contributed by atoms with Crippen molar-refractivity contribution >= 4 is 32.3 Å². The number of benzene rings is 6. The lowest BCUT2D eigenvalue weighted by molar-refractivity contribution is 0.479. The molecule has 6 aromatic carbocycles. The van der Waals surface area contributed by atoms with Gasteiger partial charge in [-0.25, -0.2) is 0 Å². The minimum atomic E-state index is 0.206. The van der Waals surface area contributed by atoms with Crippen molar-refractivity contribution in [1.82, 2.24) is 0 Å². The molecule has 0 saturated carbocycles. The Kier molecular flexibility index (Phi) is 5.47. The normalized spacial score (nSPS) is 11.6. The fraction of sp³-hybridized carbons (Fsp3) is 0.167. The zero-order valence-electron chi connectivity index (χ0n) is 22.8. The molecule has 2 nitrogen and oxygen atoms in total. The van der Waals surface area contributed by atoms with E-state index in [1.807, 2.05) is 24.3 Å². The molecule has 0 aliphatic rings. The Labute approximate surface area is 223 Å². The molecule has 0 unspecified atom stereocenters. The van der Waals surface area contributed by atoms with Crippen molar-refractivity contribution in [2.24, 2.45) is 0 Å². The van der Waals surface area contributed by atoms with Gasteiger partial charge < -0.3 is 10.2 Å². The van der Waals surface area contributed by atoms with Crippen LogP contribution >= 0.6 is 0 Å². The summed E-state index contributed by atoms with van der Waals surface area (Å²) in [6.45, 7) is 12.8. The molecule has 0 radical (unpaired) electrons. The first-order valence-corrected chi connectivity index (χ1v) is 13.2. The van der Waals surface area contributed by atoms with E-state index in [0.29, 0.717) is 21.5 Å². The second-order valence-corrected chi connectivity index (χ2v) is 10.8. The van der Waals surface area contributed by atoms with E-state index in [2.05, 4.69) is 90.1 Å². The third-order valence-electron chi connectivity index (χ3n) is 7.98. The predicted octanol–water partition coefficient (Wildman–Crippen LogP) is 9.74. The Morgan fingerprint density at radius 1 is 0.395 bits per heavy atom. The van der Waals surface area contributed by atoms with Crippen LogP contribution in [0.4, 0.5) is 0 Å². The van der Waals surface area contributed by atoms with Gasteiger partial charge in [-0.15, -0.1) is 0 Å². The van der Waals surface area contributed by atoms with Crippen molar-refractivity contribution in [3.63, 3.8) is 0 Å². The highest BCUT2D eigenvalue weighted by molar-refractivity contribution is 6.29. The van der Waals surface area contributed by atoms with Gasteiger partial charge in [0.15, 0.2) is 0 Å². The molecule has 188 valence electrons. The molecule has 0 spiro atoms. The van der Waals surface area contributed by atoms with Gasteiger partial charge in [-0.05, 0) is 85.7 Å². The summed E-state index contributed by atoms with van der Waals surface area (Å²) in [5.41, 5.74) is 11.2. The fourth-order valence-corrected chi connectivity index (χ4v) is 6.75. The molecule has 0 aliphatic heterocycles. The number of aromatic hydroxyl groups is 2. The van der Waals surface area contributed by atoms with Crippen LogP contribution in [0.2, 0.25) is 0 Å². The van der Waals surface area contributed by atoms with Gasteiger partial charge in [0.25, 0.3) is 0 Å². The summed E-state index contributed by atoms with van der Waals surface area (Å²) in [4.78, 5) is 0. The minimum Gasteiger partial charge on any atom is -0.507 e. The topological polar surface area (TPSA) is 40.5 Å². The maximum absolute atomic E-state index is 12.0. The van der Waals surface area contributed by atoms with Gasteiger partial charge in [-0.3, -0.25) is 0 Å². The fourth-order valence-electron chi connectivity index (χ4n) is 6.75. The first-order valence-electron chi connectivity index (χ1n) is 13.2. The largest absolute Gasteiger partial charge is 0.507 e. The highest BCUT2D eigenvalue weighted by Gasteiger charge is 2.26. The molecule has 0 fully saturated rings. The Morgan fingerprint density at radius 2 is 0.684 bits per heavy atom. The Hall–Kier alpha value is -4.30. The third-order valence-corrected chi connectivity index (χ3v) is 7.98. The lowest BCUT2D eigenvalue weighted by Gasteiger charge is -2.24. The summed E-state index contributed by atoms with van der Waals surface area (Å²) in [5.74, 6) is 0.411. The van der Waals surface area contributed by atoms with E-state index in [4.69, 9.17) is 0 Å². The van der Waals surface area contributed by atoms with Gasteiger partial charge in [-0.2, -0.15) is 0 Å². The van der Waals surface area contributed by atoms with Crippen molar-refractivity contribution < 1.29 is 10.2 Å². The SMILES string of the molecule is Cc1cc(C)c(-c2c3ccccc3c(-c3c(C)cc(C)cc3C)c3c(O)c4ccccc4c(O)c23)c(C)c1. The van der Waals surface area contributed by atoms with Crippen LogP contribution in [-0.4, -0.2) is 10.2 Å². The van der Waals surface area contributed by atoms with Crippen LogP contribution in [0, 0.1) is 41.5 Å². The van der Waals surface area contributed by atoms with E-state index in [0.717, 1.165) is 55.3 Å². The minimum absolute atomic E-state index is 0.206. The van der Waals surface area contributed by atoms with Crippen molar-refractivity contribution in [3.05, 3.63) is 106 Å². The Morgan fingerprint density at radius 3 is 1.00 bits per heavy atom. The molecule has 6 rings (SSSR count). The molecule has 0 bridgehead atoms. The number of phenols is 2. The molecule has 2 heteroatoms. The number of aryl methyl sites for hydroxylation is 6. The summed E-state index contributed by atoms with van der Waals surface area (Å²) in [7, 11) is 0. The van der Waals surface area contributed by atoms with E-state index >= 15 is 0 Å². The van der Waals surface area contributed by atoms with Crippen molar-refractivity contribution in [2.45, 2.75) is 41.5 Å². The number of phenolic OH excluding ortho intramolecular Hbond substituents is 2. The van der Waals surface area contributed by atoms with Gasteiger partial charge in [0, 0.05) is 32.7 Å². The molecular formula is C36H32O2. The van der Waals surface area contributed by atoms with Crippen LogP contribution in [0.5, 0.6) is 11.5 Å². The van der Waals surface area contributed by atoms with Crippen LogP contribution in [0.15, 0.2) is 72.8 Å². The summed E-state index contributed by atoms with van der Waals surface area (Å²) in [5, 5.41) is 28.9. The molecule has 0 amide bonds. The highest BCUT2D eigenvalue weighted by atomic mass is 16.3. The molecule has 0 aromatic heterocycles. The second kappa shape index (κ2) is 8.63. The van der Waals surface area contributed by atoms with Gasteiger partial charge in [0.05, 0.1) is 0 Å². The summed E-state index contributed by atoms with van der Waals surface area (Å²) < 4.78 is 0. The quantitative estimate of drug-likeness (QED) is 0.185. The predicted molar refractivity (Wildman–Crippen MR) is 162 cm³/mol. The molecule has 38 heavy (non-hydrogen) atoms. The van der Waals surface area contributed by atoms with E-state index in [1.54, 1.807) is 0 Å². The molecule has 0 saturated heterocycles.